The van der Waals surface area contributed by atoms with Crippen LogP contribution in [0.1, 0.15) is 0 Å². The number of halogens is 2. The minimum absolute atomic E-state index is 0.115. The lowest BCUT2D eigenvalue weighted by atomic mass is 10.3. The van der Waals surface area contributed by atoms with Gasteiger partial charge < -0.3 is 0 Å². The fourth-order valence-corrected chi connectivity index (χ4v) is 3.09. The summed E-state index contributed by atoms with van der Waals surface area (Å²) in [6.45, 7) is -0.291. The van der Waals surface area contributed by atoms with E-state index < -0.39 is 30.8 Å². The molecule has 0 radical (unpaired) electrons. The Morgan fingerprint density at radius 3 is 2.26 bits per heavy atom. The summed E-state index contributed by atoms with van der Waals surface area (Å²) in [4.78, 5) is -0.491. The molecule has 0 fully saturated rings. The molecule has 0 aliphatic carbocycles. The molecule has 10 heteroatoms. The van der Waals surface area contributed by atoms with Crippen molar-refractivity contribution in [1.82, 2.24) is 9.44 Å². The van der Waals surface area contributed by atoms with E-state index in [-0.39, 0.29) is 13.1 Å². The van der Waals surface area contributed by atoms with Crippen LogP contribution in [0.4, 0.5) is 4.39 Å². The normalized spacial score (nSPS) is 12.6. The van der Waals surface area contributed by atoms with Gasteiger partial charge in [-0.15, -0.1) is 0 Å². The number of sulfonamides is 2. The van der Waals surface area contributed by atoms with E-state index in [1.807, 2.05) is 0 Å². The van der Waals surface area contributed by atoms with E-state index in [0.29, 0.717) is 4.47 Å². The van der Waals surface area contributed by atoms with Crippen LogP contribution in [0.3, 0.4) is 0 Å². The van der Waals surface area contributed by atoms with Crippen molar-refractivity contribution in [2.45, 2.75) is 4.90 Å². The van der Waals surface area contributed by atoms with Gasteiger partial charge in [-0.2, -0.15) is 0 Å². The van der Waals surface area contributed by atoms with E-state index in [1.165, 1.54) is 6.07 Å². The fourth-order valence-electron chi connectivity index (χ4n) is 1.19. The minimum atomic E-state index is -4.01. The lowest BCUT2D eigenvalue weighted by Gasteiger charge is -2.08. The first-order chi connectivity index (χ1) is 8.62. The highest BCUT2D eigenvalue weighted by Crippen LogP contribution is 2.18. The molecule has 0 bridgehead atoms. The maximum Gasteiger partial charge on any atom is 0.243 e. The largest absolute Gasteiger partial charge is 0.243 e. The molecule has 0 unspecified atom stereocenters. The number of rotatable bonds is 6. The number of benzene rings is 1. The van der Waals surface area contributed by atoms with Gasteiger partial charge in [-0.1, -0.05) is 15.9 Å². The van der Waals surface area contributed by atoms with Crippen molar-refractivity contribution in [3.05, 3.63) is 28.5 Å². The molecular formula is C9H12BrFN2O4S2. The van der Waals surface area contributed by atoms with E-state index in [1.54, 1.807) is 0 Å². The average Bonchev–Trinajstić information content (AvgIpc) is 2.22. The third-order valence-corrected chi connectivity index (χ3v) is 4.68. The lowest BCUT2D eigenvalue weighted by molar-refractivity contribution is 0.554. The molecule has 6 nitrogen and oxygen atoms in total. The van der Waals surface area contributed by atoms with Crippen molar-refractivity contribution in [2.24, 2.45) is 0 Å². The standard InChI is InChI=1S/C9H12BrFN2O4S2/c1-18(14,15)12-4-5-13-19(16,17)9-3-2-7(10)6-8(9)11/h2-3,6,12-13H,4-5H2,1H3. The van der Waals surface area contributed by atoms with Gasteiger partial charge in [0.05, 0.1) is 6.26 Å². The molecule has 1 aromatic rings. The van der Waals surface area contributed by atoms with Crippen LogP contribution < -0.4 is 9.44 Å². The monoisotopic (exact) mass is 374 g/mol. The third kappa shape index (κ3) is 5.53. The van der Waals surface area contributed by atoms with Crippen molar-refractivity contribution in [2.75, 3.05) is 19.3 Å². The lowest BCUT2D eigenvalue weighted by Crippen LogP contribution is -2.34. The fraction of sp³-hybridized carbons (Fsp3) is 0.333. The highest BCUT2D eigenvalue weighted by molar-refractivity contribution is 9.10. The molecule has 108 valence electrons. The molecule has 1 aromatic carbocycles. The maximum absolute atomic E-state index is 13.5. The Balaban J connectivity index is 2.71. The van der Waals surface area contributed by atoms with Gasteiger partial charge >= 0.3 is 0 Å². The number of hydrogen-bond donors (Lipinski definition) is 2. The Labute approximate surface area is 119 Å². The molecule has 0 aliphatic rings. The van der Waals surface area contributed by atoms with Crippen LogP contribution in [-0.2, 0) is 20.0 Å². The maximum atomic E-state index is 13.5. The van der Waals surface area contributed by atoms with Crippen LogP contribution in [0, 0.1) is 5.82 Å². The van der Waals surface area contributed by atoms with Gasteiger partial charge in [0.2, 0.25) is 20.0 Å². The van der Waals surface area contributed by atoms with Gasteiger partial charge in [0.25, 0.3) is 0 Å². The van der Waals surface area contributed by atoms with Crippen LogP contribution in [0.15, 0.2) is 27.6 Å². The quantitative estimate of drug-likeness (QED) is 0.705. The van der Waals surface area contributed by atoms with E-state index in [4.69, 9.17) is 0 Å². The summed E-state index contributed by atoms with van der Waals surface area (Å²) in [5.74, 6) is -0.891. The van der Waals surface area contributed by atoms with Crippen LogP contribution in [0.25, 0.3) is 0 Å². The van der Waals surface area contributed by atoms with Crippen molar-refractivity contribution in [3.63, 3.8) is 0 Å². The zero-order chi connectivity index (χ0) is 14.7. The average molecular weight is 375 g/mol. The van der Waals surface area contributed by atoms with E-state index >= 15 is 0 Å². The molecule has 0 spiro atoms. The summed E-state index contributed by atoms with van der Waals surface area (Å²) in [6.07, 6.45) is 0.954. The Hall–Kier alpha value is -0.550. The van der Waals surface area contributed by atoms with Crippen LogP contribution >= 0.6 is 15.9 Å². The summed E-state index contributed by atoms with van der Waals surface area (Å²) >= 11 is 3.02. The topological polar surface area (TPSA) is 92.3 Å². The Morgan fingerprint density at radius 2 is 1.74 bits per heavy atom. The first-order valence-electron chi connectivity index (χ1n) is 5.01. The Kier molecular flexibility index (Phi) is 5.44. The molecule has 0 aromatic heterocycles. The predicted octanol–water partition coefficient (Wildman–Crippen LogP) is 0.416. The number of nitrogens with one attached hydrogen (secondary N) is 2. The molecule has 0 saturated heterocycles. The zero-order valence-corrected chi connectivity index (χ0v) is 13.1. The van der Waals surface area contributed by atoms with E-state index in [9.17, 15) is 21.2 Å². The Bertz CT molecular complexity index is 661. The smallest absolute Gasteiger partial charge is 0.214 e. The second kappa shape index (κ2) is 6.27. The van der Waals surface area contributed by atoms with Crippen molar-refractivity contribution in [3.8, 4) is 0 Å². The predicted molar refractivity (Wildman–Crippen MR) is 72.1 cm³/mol. The SMILES string of the molecule is CS(=O)(=O)NCCNS(=O)(=O)c1ccc(Br)cc1F. The molecule has 0 amide bonds. The van der Waals surface area contributed by atoms with Gasteiger partial charge in [-0.05, 0) is 18.2 Å². The van der Waals surface area contributed by atoms with Gasteiger partial charge in [0.15, 0.2) is 0 Å². The zero-order valence-electron chi connectivity index (χ0n) is 9.85. The Morgan fingerprint density at radius 1 is 1.16 bits per heavy atom. The van der Waals surface area contributed by atoms with Gasteiger partial charge in [0, 0.05) is 17.6 Å². The van der Waals surface area contributed by atoms with Crippen molar-refractivity contribution in [1.29, 1.82) is 0 Å². The molecule has 0 aliphatic heterocycles. The van der Waals surface area contributed by atoms with E-state index in [2.05, 4.69) is 25.4 Å². The number of hydrogen-bond acceptors (Lipinski definition) is 4. The first kappa shape index (κ1) is 16.5. The summed E-state index contributed by atoms with van der Waals surface area (Å²) < 4.78 is 63.1. The second-order valence-corrected chi connectivity index (χ2v) is 8.12. The molecule has 19 heavy (non-hydrogen) atoms. The summed E-state index contributed by atoms with van der Waals surface area (Å²) in [5, 5.41) is 0. The molecule has 2 N–H and O–H groups in total. The highest BCUT2D eigenvalue weighted by atomic mass is 79.9. The molecule has 0 atom stereocenters. The molecule has 0 saturated carbocycles. The van der Waals surface area contributed by atoms with Gasteiger partial charge in [-0.3, -0.25) is 0 Å². The van der Waals surface area contributed by atoms with Gasteiger partial charge in [-0.25, -0.2) is 30.7 Å². The van der Waals surface area contributed by atoms with Crippen LogP contribution in [0.2, 0.25) is 0 Å². The summed E-state index contributed by atoms with van der Waals surface area (Å²) in [7, 11) is -7.39. The summed E-state index contributed by atoms with van der Waals surface area (Å²) in [5.41, 5.74) is 0. The molecular weight excluding hydrogens is 363 g/mol. The molecule has 0 heterocycles. The van der Waals surface area contributed by atoms with Gasteiger partial charge in [0.1, 0.15) is 10.7 Å². The first-order valence-corrected chi connectivity index (χ1v) is 9.18. The summed E-state index contributed by atoms with van der Waals surface area (Å²) in [6, 6.07) is 3.54. The van der Waals surface area contributed by atoms with Crippen molar-refractivity contribution < 1.29 is 21.2 Å². The second-order valence-electron chi connectivity index (χ2n) is 3.64. The highest BCUT2D eigenvalue weighted by Gasteiger charge is 2.18. The van der Waals surface area contributed by atoms with Crippen LogP contribution in [-0.4, -0.2) is 36.2 Å². The molecule has 1 rings (SSSR count). The third-order valence-electron chi connectivity index (χ3n) is 1.96. The van der Waals surface area contributed by atoms with E-state index in [0.717, 1.165) is 18.4 Å². The van der Waals surface area contributed by atoms with Crippen molar-refractivity contribution >= 4 is 36.0 Å². The minimum Gasteiger partial charge on any atom is -0.214 e. The van der Waals surface area contributed by atoms with Crippen LogP contribution in [0.5, 0.6) is 0 Å².